The summed E-state index contributed by atoms with van der Waals surface area (Å²) in [5.74, 6) is 0.762. The summed E-state index contributed by atoms with van der Waals surface area (Å²) in [5.41, 5.74) is 2.57. The average Bonchev–Trinajstić information content (AvgIpc) is 2.90. The monoisotopic (exact) mass is 489 g/mol. The molecule has 0 spiro atoms. The van der Waals surface area contributed by atoms with Gasteiger partial charge in [-0.2, -0.15) is 0 Å². The second-order valence-corrected chi connectivity index (χ2v) is 9.78. The van der Waals surface area contributed by atoms with E-state index in [2.05, 4.69) is 32.9 Å². The van der Waals surface area contributed by atoms with Gasteiger partial charge in [-0.05, 0) is 56.0 Å². The first-order valence-electron chi connectivity index (χ1n) is 13.9. The van der Waals surface area contributed by atoms with Crippen LogP contribution >= 0.6 is 0 Å². The van der Waals surface area contributed by atoms with E-state index in [1.54, 1.807) is 4.57 Å². The van der Waals surface area contributed by atoms with Crippen molar-refractivity contribution < 1.29 is 4.79 Å². The zero-order valence-corrected chi connectivity index (χ0v) is 22.6. The van der Waals surface area contributed by atoms with Crippen molar-refractivity contribution in [3.8, 4) is 5.69 Å². The van der Waals surface area contributed by atoms with Gasteiger partial charge in [0, 0.05) is 13.0 Å². The van der Waals surface area contributed by atoms with Gasteiger partial charge in [0.1, 0.15) is 5.82 Å². The van der Waals surface area contributed by atoms with Crippen LogP contribution in [0, 0.1) is 0 Å². The number of aromatic nitrogens is 2. The molecule has 0 saturated carbocycles. The molecule has 0 bridgehead atoms. The molecule has 0 aliphatic carbocycles. The molecule has 36 heavy (non-hydrogen) atoms. The van der Waals surface area contributed by atoms with Crippen LogP contribution in [0.2, 0.25) is 0 Å². The molecule has 3 rings (SSSR count). The van der Waals surface area contributed by atoms with Gasteiger partial charge < -0.3 is 4.90 Å². The number of carbonyl (C=O) groups excluding carboxylic acids is 1. The summed E-state index contributed by atoms with van der Waals surface area (Å²) >= 11 is 0. The van der Waals surface area contributed by atoms with E-state index >= 15 is 0 Å². The Balaban J connectivity index is 1.91. The first-order chi connectivity index (χ1) is 17.5. The van der Waals surface area contributed by atoms with E-state index in [1.165, 1.54) is 37.7 Å². The lowest BCUT2D eigenvalue weighted by molar-refractivity contribution is -0.133. The Hall–Kier alpha value is -2.95. The van der Waals surface area contributed by atoms with Crippen molar-refractivity contribution in [3.63, 3.8) is 0 Å². The predicted octanol–water partition coefficient (Wildman–Crippen LogP) is 7.39. The van der Waals surface area contributed by atoms with Crippen LogP contribution in [0.25, 0.3) is 16.6 Å². The smallest absolute Gasteiger partial charge is 0.266 e. The molecule has 0 saturated heterocycles. The molecule has 1 atom stereocenters. The predicted molar refractivity (Wildman–Crippen MR) is 150 cm³/mol. The van der Waals surface area contributed by atoms with Crippen molar-refractivity contribution in [1.29, 1.82) is 0 Å². The number of rotatable bonds is 14. The van der Waals surface area contributed by atoms with Crippen molar-refractivity contribution in [2.45, 2.75) is 97.9 Å². The lowest BCUT2D eigenvalue weighted by Gasteiger charge is -2.30. The van der Waals surface area contributed by atoms with Crippen LogP contribution < -0.4 is 5.56 Å². The molecule has 1 unspecified atom stereocenters. The standard InChI is InChI=1S/C31H43N3O2/c1-5-8-9-10-11-12-13-18-29(35)33(23-6-2)24(4)30-32-28-17-15-14-16-27(28)31(36)34(30)26-21-19-25(7-3)20-22-26/h14-17,19-22,24H,5-13,18,23H2,1-4H3. The minimum absolute atomic E-state index is 0.0947. The van der Waals surface area contributed by atoms with Gasteiger partial charge in [0.05, 0.1) is 22.6 Å². The molecule has 5 nitrogen and oxygen atoms in total. The van der Waals surface area contributed by atoms with Gasteiger partial charge in [0.15, 0.2) is 0 Å². The Morgan fingerprint density at radius 2 is 1.56 bits per heavy atom. The number of benzene rings is 2. The van der Waals surface area contributed by atoms with Gasteiger partial charge in [-0.1, -0.05) is 83.6 Å². The molecule has 1 amide bonds. The first-order valence-corrected chi connectivity index (χ1v) is 13.9. The largest absolute Gasteiger partial charge is 0.333 e. The first kappa shape index (κ1) is 27.6. The molecule has 0 fully saturated rings. The van der Waals surface area contributed by atoms with Crippen molar-refractivity contribution >= 4 is 16.8 Å². The Kier molecular flexibility index (Phi) is 10.7. The second-order valence-electron chi connectivity index (χ2n) is 9.78. The van der Waals surface area contributed by atoms with Crippen LogP contribution in [0.4, 0.5) is 0 Å². The SMILES string of the molecule is CCCCCCCCCC(=O)N(CCC)C(C)c1nc2ccccc2c(=O)n1-c1ccc(CC)cc1. The third-order valence-electron chi connectivity index (χ3n) is 7.02. The topological polar surface area (TPSA) is 55.2 Å². The zero-order chi connectivity index (χ0) is 25.9. The van der Waals surface area contributed by atoms with E-state index in [1.807, 2.05) is 48.2 Å². The van der Waals surface area contributed by atoms with Crippen LogP contribution in [0.3, 0.4) is 0 Å². The molecular formula is C31H43N3O2. The minimum atomic E-state index is -0.315. The maximum Gasteiger partial charge on any atom is 0.266 e. The lowest BCUT2D eigenvalue weighted by atomic mass is 10.1. The van der Waals surface area contributed by atoms with E-state index < -0.39 is 0 Å². The Morgan fingerprint density at radius 3 is 2.22 bits per heavy atom. The molecule has 5 heteroatoms. The number of amides is 1. The lowest BCUT2D eigenvalue weighted by Crippen LogP contribution is -2.37. The maximum atomic E-state index is 13.7. The van der Waals surface area contributed by atoms with Crippen LogP contribution in [-0.4, -0.2) is 26.9 Å². The highest BCUT2D eigenvalue weighted by Gasteiger charge is 2.26. The molecule has 0 radical (unpaired) electrons. The van der Waals surface area contributed by atoms with E-state index in [-0.39, 0.29) is 17.5 Å². The van der Waals surface area contributed by atoms with Crippen molar-refractivity contribution in [3.05, 3.63) is 70.3 Å². The van der Waals surface area contributed by atoms with Crippen LogP contribution in [0.1, 0.15) is 103 Å². The fourth-order valence-electron chi connectivity index (χ4n) is 4.85. The second kappa shape index (κ2) is 14.0. The molecule has 1 aromatic heterocycles. The molecule has 1 heterocycles. The number of carbonyl (C=O) groups is 1. The number of unbranched alkanes of at least 4 members (excludes halogenated alkanes) is 6. The summed E-state index contributed by atoms with van der Waals surface area (Å²) in [6, 6.07) is 15.2. The number of hydrogen-bond acceptors (Lipinski definition) is 3. The quantitative estimate of drug-likeness (QED) is 0.222. The van der Waals surface area contributed by atoms with E-state index in [4.69, 9.17) is 4.98 Å². The molecule has 0 N–H and O–H groups in total. The molecule has 0 aliphatic heterocycles. The summed E-state index contributed by atoms with van der Waals surface area (Å²) in [6.45, 7) is 9.09. The fourth-order valence-corrected chi connectivity index (χ4v) is 4.85. The summed E-state index contributed by atoms with van der Waals surface area (Å²) in [5, 5.41) is 0.587. The van der Waals surface area contributed by atoms with Gasteiger partial charge in [-0.3, -0.25) is 14.2 Å². The van der Waals surface area contributed by atoms with Gasteiger partial charge in [0.2, 0.25) is 5.91 Å². The summed E-state index contributed by atoms with van der Waals surface area (Å²) in [6.07, 6.45) is 10.6. The van der Waals surface area contributed by atoms with E-state index in [9.17, 15) is 9.59 Å². The Bertz CT molecular complexity index is 1170. The highest BCUT2D eigenvalue weighted by molar-refractivity contribution is 5.79. The van der Waals surface area contributed by atoms with Gasteiger partial charge in [-0.25, -0.2) is 4.98 Å². The number of aryl methyl sites for hydroxylation is 1. The average molecular weight is 490 g/mol. The Morgan fingerprint density at radius 1 is 0.889 bits per heavy atom. The van der Waals surface area contributed by atoms with Crippen molar-refractivity contribution in [2.24, 2.45) is 0 Å². The molecule has 0 aliphatic rings. The third kappa shape index (κ3) is 6.83. The van der Waals surface area contributed by atoms with Crippen LogP contribution in [0.5, 0.6) is 0 Å². The third-order valence-corrected chi connectivity index (χ3v) is 7.02. The number of para-hydroxylation sites is 1. The zero-order valence-electron chi connectivity index (χ0n) is 22.6. The van der Waals surface area contributed by atoms with Crippen LogP contribution in [0.15, 0.2) is 53.3 Å². The minimum Gasteiger partial charge on any atom is -0.333 e. The normalized spacial score (nSPS) is 12.1. The number of nitrogens with zero attached hydrogens (tertiary/aromatic N) is 3. The van der Waals surface area contributed by atoms with Crippen molar-refractivity contribution in [2.75, 3.05) is 6.54 Å². The maximum absolute atomic E-state index is 13.7. The molecule has 3 aromatic rings. The van der Waals surface area contributed by atoms with Gasteiger partial charge in [0.25, 0.3) is 5.56 Å². The van der Waals surface area contributed by atoms with Gasteiger partial charge in [-0.15, -0.1) is 0 Å². The molecular weight excluding hydrogens is 446 g/mol. The highest BCUT2D eigenvalue weighted by atomic mass is 16.2. The summed E-state index contributed by atoms with van der Waals surface area (Å²) in [7, 11) is 0. The van der Waals surface area contributed by atoms with Gasteiger partial charge >= 0.3 is 0 Å². The highest BCUT2D eigenvalue weighted by Crippen LogP contribution is 2.24. The number of hydrogen-bond donors (Lipinski definition) is 0. The summed E-state index contributed by atoms with van der Waals surface area (Å²) < 4.78 is 1.70. The van der Waals surface area contributed by atoms with Crippen LogP contribution in [-0.2, 0) is 11.2 Å². The fraction of sp³-hybridized carbons (Fsp3) is 0.516. The number of fused-ring (bicyclic) bond motifs is 1. The molecule has 194 valence electrons. The molecule has 2 aromatic carbocycles. The van der Waals surface area contributed by atoms with E-state index in [0.29, 0.717) is 29.7 Å². The summed E-state index contributed by atoms with van der Waals surface area (Å²) in [4.78, 5) is 33.9. The Labute approximate surface area is 216 Å². The van der Waals surface area contributed by atoms with Crippen molar-refractivity contribution in [1.82, 2.24) is 14.5 Å². The van der Waals surface area contributed by atoms with E-state index in [0.717, 1.165) is 31.4 Å².